The molecule has 5 rings (SSSR count). The van der Waals surface area contributed by atoms with Gasteiger partial charge in [0.1, 0.15) is 5.75 Å². The number of fused-ring (bicyclic) bond motifs is 3. The molecule has 0 radical (unpaired) electrons. The lowest BCUT2D eigenvalue weighted by Crippen LogP contribution is -2.33. The SMILES string of the molecule is Clc1ccc(C2=NN3[C@@H](c4ccccc4)Oc4ccccc4[C@@H]3C2)cc1. The highest BCUT2D eigenvalue weighted by atomic mass is 35.5. The first-order valence-corrected chi connectivity index (χ1v) is 9.10. The molecule has 0 N–H and O–H groups in total. The Bertz CT molecular complexity index is 969. The number of hydrazone groups is 1. The number of hydrogen-bond acceptors (Lipinski definition) is 3. The second-order valence-electron chi connectivity index (χ2n) is 6.57. The Morgan fingerprint density at radius 1 is 0.885 bits per heavy atom. The molecule has 2 aliphatic rings. The van der Waals surface area contributed by atoms with E-state index >= 15 is 0 Å². The predicted octanol–water partition coefficient (Wildman–Crippen LogP) is 5.58. The van der Waals surface area contributed by atoms with E-state index in [1.54, 1.807) is 0 Å². The van der Waals surface area contributed by atoms with E-state index < -0.39 is 0 Å². The molecule has 2 aliphatic heterocycles. The van der Waals surface area contributed by atoms with Crippen LogP contribution in [0.25, 0.3) is 0 Å². The van der Waals surface area contributed by atoms with Gasteiger partial charge < -0.3 is 4.74 Å². The summed E-state index contributed by atoms with van der Waals surface area (Å²) in [5.74, 6) is 0.940. The van der Waals surface area contributed by atoms with Crippen LogP contribution >= 0.6 is 11.6 Å². The van der Waals surface area contributed by atoms with E-state index in [1.165, 1.54) is 5.56 Å². The Hall–Kier alpha value is -2.78. The number of nitrogens with zero attached hydrogens (tertiary/aromatic N) is 2. The van der Waals surface area contributed by atoms with Crippen LogP contribution < -0.4 is 4.74 Å². The molecule has 4 heteroatoms. The van der Waals surface area contributed by atoms with Crippen LogP contribution in [-0.2, 0) is 0 Å². The zero-order chi connectivity index (χ0) is 17.5. The lowest BCUT2D eigenvalue weighted by atomic mass is 9.96. The molecule has 2 atom stereocenters. The van der Waals surface area contributed by atoms with Crippen molar-refractivity contribution in [3.8, 4) is 5.75 Å². The molecular formula is C22H17ClN2O. The van der Waals surface area contributed by atoms with Gasteiger partial charge in [0.15, 0.2) is 0 Å². The maximum atomic E-state index is 6.33. The molecule has 0 aliphatic carbocycles. The van der Waals surface area contributed by atoms with Crippen molar-refractivity contribution in [2.45, 2.75) is 18.7 Å². The van der Waals surface area contributed by atoms with Crippen molar-refractivity contribution in [3.05, 3.63) is 101 Å². The first-order valence-electron chi connectivity index (χ1n) is 8.72. The zero-order valence-corrected chi connectivity index (χ0v) is 14.8. The monoisotopic (exact) mass is 360 g/mol. The summed E-state index contributed by atoms with van der Waals surface area (Å²) in [6.07, 6.45) is 0.631. The van der Waals surface area contributed by atoms with Crippen LogP contribution in [0.5, 0.6) is 5.75 Å². The molecule has 0 aromatic heterocycles. The first kappa shape index (κ1) is 15.5. The van der Waals surface area contributed by atoms with Crippen molar-refractivity contribution in [3.63, 3.8) is 0 Å². The maximum absolute atomic E-state index is 6.33. The smallest absolute Gasteiger partial charge is 0.213 e. The van der Waals surface area contributed by atoms with Crippen LogP contribution in [0.3, 0.4) is 0 Å². The van der Waals surface area contributed by atoms with Gasteiger partial charge >= 0.3 is 0 Å². The molecule has 0 saturated heterocycles. The highest BCUT2D eigenvalue weighted by molar-refractivity contribution is 6.30. The number of benzene rings is 3. The Labute approximate surface area is 157 Å². The van der Waals surface area contributed by atoms with Gasteiger partial charge in [-0.15, -0.1) is 0 Å². The predicted molar refractivity (Wildman–Crippen MR) is 103 cm³/mol. The Morgan fingerprint density at radius 3 is 2.42 bits per heavy atom. The summed E-state index contributed by atoms with van der Waals surface area (Å²) < 4.78 is 6.33. The summed E-state index contributed by atoms with van der Waals surface area (Å²) in [6.45, 7) is 0. The molecule has 26 heavy (non-hydrogen) atoms. The van der Waals surface area contributed by atoms with Crippen LogP contribution in [0.1, 0.15) is 35.4 Å². The standard InChI is InChI=1S/C22H17ClN2O/c23-17-12-10-15(11-13-17)19-14-20-18-8-4-5-9-21(18)26-22(25(20)24-19)16-6-2-1-3-7-16/h1-13,20,22H,14H2/t20-,22+/m0/s1. The van der Waals surface area contributed by atoms with Crippen molar-refractivity contribution in [2.75, 3.05) is 0 Å². The second kappa shape index (κ2) is 6.19. The van der Waals surface area contributed by atoms with Gasteiger partial charge in [0.2, 0.25) is 6.23 Å². The summed E-state index contributed by atoms with van der Waals surface area (Å²) in [7, 11) is 0. The van der Waals surface area contributed by atoms with Crippen molar-refractivity contribution >= 4 is 17.3 Å². The van der Waals surface area contributed by atoms with Gasteiger partial charge in [-0.25, -0.2) is 5.01 Å². The first-order chi connectivity index (χ1) is 12.8. The summed E-state index contributed by atoms with van der Waals surface area (Å²) in [5.41, 5.74) is 4.46. The van der Waals surface area contributed by atoms with Crippen molar-refractivity contribution in [1.29, 1.82) is 0 Å². The number of ether oxygens (including phenoxy) is 1. The number of hydrogen-bond donors (Lipinski definition) is 0. The fourth-order valence-corrected chi connectivity index (χ4v) is 3.81. The average Bonchev–Trinajstić information content (AvgIpc) is 3.14. The van der Waals surface area contributed by atoms with Crippen LogP contribution in [0.2, 0.25) is 5.02 Å². The Balaban J connectivity index is 1.59. The van der Waals surface area contributed by atoms with Crippen LogP contribution in [-0.4, -0.2) is 10.7 Å². The van der Waals surface area contributed by atoms with E-state index in [-0.39, 0.29) is 12.3 Å². The van der Waals surface area contributed by atoms with Crippen molar-refractivity contribution < 1.29 is 4.74 Å². The molecule has 2 heterocycles. The summed E-state index contributed by atoms with van der Waals surface area (Å²) >= 11 is 6.04. The normalized spacial score (nSPS) is 20.8. The van der Waals surface area contributed by atoms with E-state index in [4.69, 9.17) is 21.4 Å². The van der Waals surface area contributed by atoms with Gasteiger partial charge in [0.25, 0.3) is 0 Å². The van der Waals surface area contributed by atoms with Crippen LogP contribution in [0.15, 0.2) is 84.0 Å². The van der Waals surface area contributed by atoms with Crippen molar-refractivity contribution in [1.82, 2.24) is 5.01 Å². The molecule has 0 bridgehead atoms. The number of para-hydroxylation sites is 1. The van der Waals surface area contributed by atoms with Crippen molar-refractivity contribution in [2.24, 2.45) is 5.10 Å². The Morgan fingerprint density at radius 2 is 1.62 bits per heavy atom. The van der Waals surface area contributed by atoms with Gasteiger partial charge in [0, 0.05) is 22.6 Å². The molecule has 3 aromatic carbocycles. The van der Waals surface area contributed by atoms with E-state index in [0.29, 0.717) is 0 Å². The Kier molecular flexibility index (Phi) is 3.68. The van der Waals surface area contributed by atoms with Gasteiger partial charge in [-0.3, -0.25) is 0 Å². The fourth-order valence-electron chi connectivity index (χ4n) is 3.69. The highest BCUT2D eigenvalue weighted by Gasteiger charge is 2.40. The lowest BCUT2D eigenvalue weighted by Gasteiger charge is -2.38. The highest BCUT2D eigenvalue weighted by Crippen LogP contribution is 2.47. The quantitative estimate of drug-likeness (QED) is 0.595. The van der Waals surface area contributed by atoms with E-state index in [1.807, 2.05) is 54.6 Å². The fraction of sp³-hybridized carbons (Fsp3) is 0.136. The molecule has 0 unspecified atom stereocenters. The molecule has 0 saturated carbocycles. The minimum Gasteiger partial charge on any atom is -0.464 e. The summed E-state index contributed by atoms with van der Waals surface area (Å²) in [5, 5.41) is 7.78. The van der Waals surface area contributed by atoms with Gasteiger partial charge in [0.05, 0.1) is 11.8 Å². The van der Waals surface area contributed by atoms with E-state index in [2.05, 4.69) is 29.3 Å². The molecule has 0 amide bonds. The molecule has 3 nitrogen and oxygen atoms in total. The maximum Gasteiger partial charge on any atom is 0.213 e. The zero-order valence-electron chi connectivity index (χ0n) is 14.0. The third-order valence-corrected chi connectivity index (χ3v) is 5.21. The third kappa shape index (κ3) is 2.56. The largest absolute Gasteiger partial charge is 0.464 e. The van der Waals surface area contributed by atoms with Crippen LogP contribution in [0, 0.1) is 0 Å². The second-order valence-corrected chi connectivity index (χ2v) is 7.01. The molecule has 3 aromatic rings. The molecule has 128 valence electrons. The summed E-state index contributed by atoms with van der Waals surface area (Å²) in [6, 6.07) is 26.6. The molecule has 0 fully saturated rings. The van der Waals surface area contributed by atoms with Gasteiger partial charge in [-0.05, 0) is 23.8 Å². The number of halogens is 1. The van der Waals surface area contributed by atoms with E-state index in [9.17, 15) is 0 Å². The minimum atomic E-state index is -0.221. The van der Waals surface area contributed by atoms with Gasteiger partial charge in [-0.1, -0.05) is 72.3 Å². The number of rotatable bonds is 2. The molecule has 0 spiro atoms. The average molecular weight is 361 g/mol. The van der Waals surface area contributed by atoms with Gasteiger partial charge in [-0.2, -0.15) is 5.10 Å². The van der Waals surface area contributed by atoms with Crippen LogP contribution in [0.4, 0.5) is 0 Å². The topological polar surface area (TPSA) is 24.8 Å². The summed E-state index contributed by atoms with van der Waals surface area (Å²) in [4.78, 5) is 0. The molecular weight excluding hydrogens is 344 g/mol. The minimum absolute atomic E-state index is 0.177. The van der Waals surface area contributed by atoms with E-state index in [0.717, 1.165) is 34.0 Å². The third-order valence-electron chi connectivity index (χ3n) is 4.96. The lowest BCUT2D eigenvalue weighted by molar-refractivity contribution is -0.0190.